The lowest BCUT2D eigenvalue weighted by Gasteiger charge is -2.40. The SMILES string of the molecule is Cn1ccc2cc(N(C(=O)c3cc(-c4ccccc4C(=O)N4Cc5ccccc5C[C@H]4CN4CCOCC4)n4c3CCCC4)c3ccc(O)cc3)ccc21. The Kier molecular flexibility index (Phi) is 9.04. The topological polar surface area (TPSA) is 83.2 Å². The minimum atomic E-state index is -0.144. The first kappa shape index (κ1) is 34.1. The van der Waals surface area contributed by atoms with Crippen LogP contribution in [0.25, 0.3) is 22.2 Å². The number of nitrogens with zero attached hydrogens (tertiary/aromatic N) is 5. The van der Waals surface area contributed by atoms with Crippen molar-refractivity contribution in [3.8, 4) is 17.0 Å². The fraction of sp³-hybridized carbons (Fsp3) is 0.289. The molecular weight excluding hydrogens is 675 g/mol. The Morgan fingerprint density at radius 3 is 2.41 bits per heavy atom. The number of rotatable bonds is 7. The largest absolute Gasteiger partial charge is 0.508 e. The zero-order valence-corrected chi connectivity index (χ0v) is 30.7. The van der Waals surface area contributed by atoms with Gasteiger partial charge in [0.1, 0.15) is 5.75 Å². The normalized spacial score (nSPS) is 17.3. The molecule has 1 fully saturated rings. The van der Waals surface area contributed by atoms with E-state index in [1.165, 1.54) is 11.1 Å². The van der Waals surface area contributed by atoms with Crippen molar-refractivity contribution in [1.82, 2.24) is 18.9 Å². The van der Waals surface area contributed by atoms with Gasteiger partial charge in [-0.3, -0.25) is 19.4 Å². The molecule has 1 saturated heterocycles. The number of amides is 2. The molecule has 0 spiro atoms. The van der Waals surface area contributed by atoms with Crippen molar-refractivity contribution in [3.05, 3.63) is 137 Å². The molecule has 0 bridgehead atoms. The molecule has 2 aromatic heterocycles. The smallest absolute Gasteiger partial charge is 0.264 e. The lowest BCUT2D eigenvalue weighted by atomic mass is 9.92. The number of morpholine rings is 1. The van der Waals surface area contributed by atoms with Crippen LogP contribution in [0.4, 0.5) is 11.4 Å². The van der Waals surface area contributed by atoms with E-state index in [1.54, 1.807) is 29.2 Å². The molecule has 9 nitrogen and oxygen atoms in total. The summed E-state index contributed by atoms with van der Waals surface area (Å²) in [6, 6.07) is 33.4. The van der Waals surface area contributed by atoms with Crippen LogP contribution in [0, 0.1) is 0 Å². The maximum atomic E-state index is 15.1. The number of phenolic OH excluding ortho intramolecular Hbond substituents is 1. The Bertz CT molecular complexity index is 2350. The summed E-state index contributed by atoms with van der Waals surface area (Å²) < 4.78 is 9.98. The van der Waals surface area contributed by atoms with E-state index in [1.807, 2.05) is 61.8 Å². The van der Waals surface area contributed by atoms with Crippen LogP contribution >= 0.6 is 0 Å². The van der Waals surface area contributed by atoms with Crippen LogP contribution in [-0.2, 0) is 37.7 Å². The van der Waals surface area contributed by atoms with Crippen LogP contribution in [-0.4, -0.2) is 74.7 Å². The minimum Gasteiger partial charge on any atom is -0.508 e. The molecule has 5 heterocycles. The zero-order valence-electron chi connectivity index (χ0n) is 30.7. The van der Waals surface area contributed by atoms with Crippen LogP contribution in [0.3, 0.4) is 0 Å². The Morgan fingerprint density at radius 2 is 1.57 bits per heavy atom. The molecule has 3 aliphatic heterocycles. The van der Waals surface area contributed by atoms with Crippen LogP contribution in [0.5, 0.6) is 5.75 Å². The highest BCUT2D eigenvalue weighted by molar-refractivity contribution is 6.13. The third-order valence-electron chi connectivity index (χ3n) is 11.5. The highest BCUT2D eigenvalue weighted by Gasteiger charge is 2.35. The molecule has 0 radical (unpaired) electrons. The molecule has 1 N–H and O–H groups in total. The van der Waals surface area contributed by atoms with Crippen molar-refractivity contribution >= 4 is 34.1 Å². The average molecular weight is 720 g/mol. The Hall–Kier alpha value is -5.64. The van der Waals surface area contributed by atoms with E-state index in [4.69, 9.17) is 4.74 Å². The molecule has 0 saturated carbocycles. The summed E-state index contributed by atoms with van der Waals surface area (Å²) in [5, 5.41) is 11.2. The number of aromatic hydroxyl groups is 1. The molecule has 0 unspecified atom stereocenters. The third-order valence-corrected chi connectivity index (χ3v) is 11.5. The standard InChI is InChI=1S/C45H45N5O4/c1-46-21-19-32-27-35(15-18-41(32)46)50(34-13-16-37(51)17-14-34)45(53)40-28-43(48-20-7-6-12-42(40)48)38-10-4-5-11-39(38)44(52)49-29-33-9-3-2-8-31(33)26-36(49)30-47-22-24-54-25-23-47/h2-5,8-11,13-19,21,27-28,36,51H,6-7,12,20,22-26,29-30H2,1H3/t36-/m0/s1. The van der Waals surface area contributed by atoms with Gasteiger partial charge in [-0.25, -0.2) is 0 Å². The predicted octanol–water partition coefficient (Wildman–Crippen LogP) is 7.57. The van der Waals surface area contributed by atoms with Gasteiger partial charge in [0.2, 0.25) is 0 Å². The molecule has 274 valence electrons. The molecule has 2 amide bonds. The summed E-state index contributed by atoms with van der Waals surface area (Å²) in [6.45, 7) is 5.28. The maximum Gasteiger partial charge on any atom is 0.264 e. The van der Waals surface area contributed by atoms with Crippen molar-refractivity contribution in [1.29, 1.82) is 0 Å². The van der Waals surface area contributed by atoms with Crippen molar-refractivity contribution in [2.24, 2.45) is 7.05 Å². The van der Waals surface area contributed by atoms with Gasteiger partial charge >= 0.3 is 0 Å². The van der Waals surface area contributed by atoms with Gasteiger partial charge in [-0.2, -0.15) is 0 Å². The summed E-state index contributed by atoms with van der Waals surface area (Å²) in [6.07, 6.45) is 5.57. The lowest BCUT2D eigenvalue weighted by molar-refractivity contribution is 0.0193. The third kappa shape index (κ3) is 6.27. The van der Waals surface area contributed by atoms with E-state index in [2.05, 4.69) is 49.3 Å². The second kappa shape index (κ2) is 14.3. The molecule has 0 aliphatic carbocycles. The van der Waals surface area contributed by atoms with E-state index in [-0.39, 0.29) is 23.6 Å². The molecule has 1 atom stereocenters. The van der Waals surface area contributed by atoms with Crippen molar-refractivity contribution in [2.45, 2.75) is 44.8 Å². The molecule has 4 aromatic carbocycles. The number of fused-ring (bicyclic) bond motifs is 3. The monoisotopic (exact) mass is 719 g/mol. The number of benzene rings is 4. The Balaban J connectivity index is 1.12. The van der Waals surface area contributed by atoms with E-state index in [9.17, 15) is 9.90 Å². The van der Waals surface area contributed by atoms with E-state index in [0.717, 1.165) is 85.4 Å². The summed E-state index contributed by atoms with van der Waals surface area (Å²) in [7, 11) is 2.01. The summed E-state index contributed by atoms with van der Waals surface area (Å²) >= 11 is 0. The predicted molar refractivity (Wildman–Crippen MR) is 211 cm³/mol. The molecule has 9 heteroatoms. The van der Waals surface area contributed by atoms with E-state index >= 15 is 4.79 Å². The lowest BCUT2D eigenvalue weighted by Crippen LogP contribution is -2.52. The molecular formula is C45H45N5O4. The quantitative estimate of drug-likeness (QED) is 0.184. The fourth-order valence-electron chi connectivity index (χ4n) is 8.72. The van der Waals surface area contributed by atoms with Gasteiger partial charge in [0, 0.05) is 96.8 Å². The van der Waals surface area contributed by atoms with Gasteiger partial charge in [-0.1, -0.05) is 42.5 Å². The number of phenols is 1. The zero-order chi connectivity index (χ0) is 36.8. The highest BCUT2D eigenvalue weighted by atomic mass is 16.5. The Labute approximate surface area is 315 Å². The van der Waals surface area contributed by atoms with Crippen LogP contribution in [0.1, 0.15) is 50.4 Å². The number of hydrogen-bond donors (Lipinski definition) is 1. The first-order chi connectivity index (χ1) is 26.4. The van der Waals surface area contributed by atoms with E-state index < -0.39 is 0 Å². The molecule has 3 aliphatic rings. The van der Waals surface area contributed by atoms with E-state index in [0.29, 0.717) is 36.6 Å². The van der Waals surface area contributed by atoms with Gasteiger partial charge in [0.25, 0.3) is 11.8 Å². The molecule has 54 heavy (non-hydrogen) atoms. The maximum absolute atomic E-state index is 15.1. The fourth-order valence-corrected chi connectivity index (χ4v) is 8.72. The van der Waals surface area contributed by atoms with Gasteiger partial charge in [0.15, 0.2) is 0 Å². The minimum absolute atomic E-state index is 0.0134. The molecule has 6 aromatic rings. The van der Waals surface area contributed by atoms with Crippen LogP contribution in [0.15, 0.2) is 109 Å². The average Bonchev–Trinajstić information content (AvgIpc) is 3.79. The van der Waals surface area contributed by atoms with Crippen LogP contribution in [0.2, 0.25) is 0 Å². The summed E-state index contributed by atoms with van der Waals surface area (Å²) in [4.78, 5) is 36.3. The van der Waals surface area contributed by atoms with Crippen LogP contribution < -0.4 is 4.90 Å². The number of anilines is 2. The summed E-state index contributed by atoms with van der Waals surface area (Å²) in [5.41, 5.74) is 8.99. The Morgan fingerprint density at radius 1 is 0.815 bits per heavy atom. The number of carbonyl (C=O) groups is 2. The first-order valence-corrected chi connectivity index (χ1v) is 19.1. The van der Waals surface area contributed by atoms with Gasteiger partial charge in [-0.05, 0) is 97.5 Å². The van der Waals surface area contributed by atoms with Crippen molar-refractivity contribution < 1.29 is 19.4 Å². The van der Waals surface area contributed by atoms with Gasteiger partial charge in [0.05, 0.1) is 18.8 Å². The second-order valence-electron chi connectivity index (χ2n) is 14.8. The molecule has 9 rings (SSSR count). The second-order valence-corrected chi connectivity index (χ2v) is 14.8. The summed E-state index contributed by atoms with van der Waals surface area (Å²) in [5.74, 6) is 0.00761. The van der Waals surface area contributed by atoms with Gasteiger partial charge in [-0.15, -0.1) is 0 Å². The highest BCUT2D eigenvalue weighted by Crippen LogP contribution is 2.38. The number of hydrogen-bond acceptors (Lipinski definition) is 5. The number of aromatic nitrogens is 2. The van der Waals surface area contributed by atoms with Gasteiger partial charge < -0.3 is 23.9 Å². The number of carbonyl (C=O) groups excluding carboxylic acids is 2. The van der Waals surface area contributed by atoms with Crippen molar-refractivity contribution in [3.63, 3.8) is 0 Å². The first-order valence-electron chi connectivity index (χ1n) is 19.1. The number of aryl methyl sites for hydroxylation is 1. The number of ether oxygens (including phenoxy) is 1. The van der Waals surface area contributed by atoms with Crippen molar-refractivity contribution in [2.75, 3.05) is 37.7 Å².